The molecule has 1 heterocycles. The van der Waals surface area contributed by atoms with Crippen molar-refractivity contribution in [2.24, 2.45) is 0 Å². The molecular formula is C49H36N2. The van der Waals surface area contributed by atoms with Crippen LogP contribution in [0.4, 0.5) is 17.1 Å². The van der Waals surface area contributed by atoms with Crippen molar-refractivity contribution in [3.05, 3.63) is 193 Å². The minimum atomic E-state index is -0.140. The molecule has 51 heavy (non-hydrogen) atoms. The van der Waals surface area contributed by atoms with Crippen LogP contribution in [0.3, 0.4) is 0 Å². The van der Waals surface area contributed by atoms with E-state index < -0.39 is 0 Å². The molecule has 242 valence electrons. The predicted octanol–water partition coefficient (Wildman–Crippen LogP) is 13.4. The fraction of sp³-hybridized carbons (Fsp3) is 0.0612. The van der Waals surface area contributed by atoms with Crippen LogP contribution in [-0.2, 0) is 5.41 Å². The number of hydrogen-bond donors (Lipinski definition) is 0. The molecule has 10 rings (SSSR count). The van der Waals surface area contributed by atoms with Crippen molar-refractivity contribution >= 4 is 49.6 Å². The Labute approximate surface area is 298 Å². The zero-order valence-corrected chi connectivity index (χ0v) is 28.7. The summed E-state index contributed by atoms with van der Waals surface area (Å²) < 4.78 is 2.41. The van der Waals surface area contributed by atoms with Crippen LogP contribution in [0, 0.1) is 0 Å². The molecule has 1 aromatic heterocycles. The number of rotatable bonds is 5. The van der Waals surface area contributed by atoms with Crippen molar-refractivity contribution in [3.63, 3.8) is 0 Å². The van der Waals surface area contributed by atoms with Gasteiger partial charge in [0.15, 0.2) is 0 Å². The molecule has 0 radical (unpaired) electrons. The Morgan fingerprint density at radius 1 is 0.431 bits per heavy atom. The number of benzene rings is 8. The van der Waals surface area contributed by atoms with Crippen LogP contribution in [-0.4, -0.2) is 4.57 Å². The average Bonchev–Trinajstić information content (AvgIpc) is 3.63. The van der Waals surface area contributed by atoms with Crippen LogP contribution in [0.2, 0.25) is 0 Å². The van der Waals surface area contributed by atoms with Gasteiger partial charge < -0.3 is 9.47 Å². The molecule has 0 aliphatic heterocycles. The third kappa shape index (κ3) is 4.57. The van der Waals surface area contributed by atoms with E-state index in [0.717, 1.165) is 22.7 Å². The summed E-state index contributed by atoms with van der Waals surface area (Å²) in [6, 6.07) is 66.7. The molecule has 0 bridgehead atoms. The van der Waals surface area contributed by atoms with E-state index in [1.165, 1.54) is 66.0 Å². The van der Waals surface area contributed by atoms with E-state index >= 15 is 0 Å². The third-order valence-electron chi connectivity index (χ3n) is 10.9. The highest BCUT2D eigenvalue weighted by Gasteiger charge is 2.38. The molecular weight excluding hydrogens is 617 g/mol. The summed E-state index contributed by atoms with van der Waals surface area (Å²) in [5, 5.41) is 4.94. The lowest BCUT2D eigenvalue weighted by Gasteiger charge is -2.29. The van der Waals surface area contributed by atoms with Gasteiger partial charge in [-0.2, -0.15) is 0 Å². The molecule has 0 saturated carbocycles. The Morgan fingerprint density at radius 2 is 1.06 bits per heavy atom. The Kier molecular flexibility index (Phi) is 6.56. The van der Waals surface area contributed by atoms with Gasteiger partial charge in [-0.3, -0.25) is 0 Å². The fourth-order valence-electron chi connectivity index (χ4n) is 8.60. The van der Waals surface area contributed by atoms with E-state index in [1.54, 1.807) is 0 Å². The van der Waals surface area contributed by atoms with Gasteiger partial charge in [-0.15, -0.1) is 0 Å². The first-order chi connectivity index (χ1) is 25.1. The summed E-state index contributed by atoms with van der Waals surface area (Å²) in [7, 11) is 0. The van der Waals surface area contributed by atoms with E-state index in [0.29, 0.717) is 0 Å². The van der Waals surface area contributed by atoms with Gasteiger partial charge in [-0.05, 0) is 98.8 Å². The molecule has 2 heteroatoms. The predicted molar refractivity (Wildman–Crippen MR) is 216 cm³/mol. The van der Waals surface area contributed by atoms with Gasteiger partial charge in [0.1, 0.15) is 0 Å². The molecule has 0 unspecified atom stereocenters. The highest BCUT2D eigenvalue weighted by atomic mass is 15.1. The minimum absolute atomic E-state index is 0.140. The molecule has 0 saturated heterocycles. The monoisotopic (exact) mass is 652 g/mol. The summed E-state index contributed by atoms with van der Waals surface area (Å²) in [6.45, 7) is 4.75. The largest absolute Gasteiger partial charge is 0.310 e. The maximum absolute atomic E-state index is 2.46. The van der Waals surface area contributed by atoms with Gasteiger partial charge in [0.2, 0.25) is 0 Å². The summed E-state index contributed by atoms with van der Waals surface area (Å²) in [5.74, 6) is 0. The Hall–Kier alpha value is -6.38. The van der Waals surface area contributed by atoms with E-state index in [4.69, 9.17) is 0 Å². The second-order valence-corrected chi connectivity index (χ2v) is 14.2. The molecule has 1 aliphatic carbocycles. The first-order valence-electron chi connectivity index (χ1n) is 17.8. The molecule has 0 fully saturated rings. The normalized spacial score (nSPS) is 13.1. The Balaban J connectivity index is 1.29. The smallest absolute Gasteiger partial charge is 0.0561 e. The van der Waals surface area contributed by atoms with Gasteiger partial charge in [-0.1, -0.05) is 141 Å². The van der Waals surface area contributed by atoms with Crippen molar-refractivity contribution in [1.82, 2.24) is 4.57 Å². The van der Waals surface area contributed by atoms with Crippen LogP contribution in [0.15, 0.2) is 182 Å². The van der Waals surface area contributed by atoms with Crippen LogP contribution < -0.4 is 4.90 Å². The van der Waals surface area contributed by atoms with Crippen molar-refractivity contribution in [2.45, 2.75) is 19.3 Å². The molecule has 0 amide bonds. The van der Waals surface area contributed by atoms with Gasteiger partial charge in [-0.25, -0.2) is 0 Å². The topological polar surface area (TPSA) is 8.17 Å². The molecule has 8 aromatic carbocycles. The summed E-state index contributed by atoms with van der Waals surface area (Å²) in [6.07, 6.45) is 0. The van der Waals surface area contributed by atoms with Crippen LogP contribution in [0.25, 0.3) is 60.5 Å². The minimum Gasteiger partial charge on any atom is -0.310 e. The van der Waals surface area contributed by atoms with Gasteiger partial charge in [0.25, 0.3) is 0 Å². The zero-order valence-electron chi connectivity index (χ0n) is 28.7. The van der Waals surface area contributed by atoms with E-state index in [2.05, 4.69) is 205 Å². The average molecular weight is 653 g/mol. The quantitative estimate of drug-likeness (QED) is 0.180. The lowest BCUT2D eigenvalue weighted by Crippen LogP contribution is -2.17. The van der Waals surface area contributed by atoms with Crippen LogP contribution >= 0.6 is 0 Å². The summed E-state index contributed by atoms with van der Waals surface area (Å²) in [4.78, 5) is 2.46. The number of anilines is 3. The molecule has 2 nitrogen and oxygen atoms in total. The van der Waals surface area contributed by atoms with Crippen molar-refractivity contribution < 1.29 is 0 Å². The maximum Gasteiger partial charge on any atom is 0.0561 e. The van der Waals surface area contributed by atoms with Crippen LogP contribution in [0.5, 0.6) is 0 Å². The van der Waals surface area contributed by atoms with Crippen LogP contribution in [0.1, 0.15) is 25.0 Å². The zero-order chi connectivity index (χ0) is 34.1. The Morgan fingerprint density at radius 3 is 1.90 bits per heavy atom. The summed E-state index contributed by atoms with van der Waals surface area (Å²) in [5.41, 5.74) is 14.7. The highest BCUT2D eigenvalue weighted by molar-refractivity contribution is 6.10. The summed E-state index contributed by atoms with van der Waals surface area (Å²) >= 11 is 0. The lowest BCUT2D eigenvalue weighted by molar-refractivity contribution is 0.662. The SMILES string of the molecule is CC1(C)c2ccccc2-c2cc(N(c3ccc4ccccc4c3)c3ccc4c5ccccc5n(-c5ccccc5)c4c3)cc(-c3ccccc3)c21. The second-order valence-electron chi connectivity index (χ2n) is 14.2. The van der Waals surface area contributed by atoms with E-state index in [9.17, 15) is 0 Å². The number of para-hydroxylation sites is 2. The van der Waals surface area contributed by atoms with Crippen molar-refractivity contribution in [2.75, 3.05) is 4.90 Å². The third-order valence-corrected chi connectivity index (χ3v) is 10.9. The highest BCUT2D eigenvalue weighted by Crippen LogP contribution is 2.54. The fourth-order valence-corrected chi connectivity index (χ4v) is 8.60. The molecule has 1 aliphatic rings. The van der Waals surface area contributed by atoms with E-state index in [1.807, 2.05) is 0 Å². The molecule has 0 atom stereocenters. The number of aromatic nitrogens is 1. The Bertz CT molecular complexity index is 2770. The van der Waals surface area contributed by atoms with Gasteiger partial charge >= 0.3 is 0 Å². The number of nitrogens with zero attached hydrogens (tertiary/aromatic N) is 2. The van der Waals surface area contributed by atoms with E-state index in [-0.39, 0.29) is 5.41 Å². The standard InChI is InChI=1S/C49H36N2/c1-49(2)45-23-13-11-21-40(45)44-31-39(30-43(48(44)49)34-16-5-3-6-17-34)50(37-26-25-33-15-9-10-18-35(33)29-37)38-27-28-42-41-22-12-14-24-46(41)51(47(42)32-38)36-19-7-4-8-20-36/h3-32H,1-2H3. The second kappa shape index (κ2) is 11.3. The van der Waals surface area contributed by atoms with Gasteiger partial charge in [0.05, 0.1) is 11.0 Å². The number of hydrogen-bond acceptors (Lipinski definition) is 1. The molecule has 0 spiro atoms. The maximum atomic E-state index is 2.46. The number of fused-ring (bicyclic) bond motifs is 7. The first kappa shape index (κ1) is 29.5. The first-order valence-corrected chi connectivity index (χ1v) is 17.8. The lowest BCUT2D eigenvalue weighted by atomic mass is 9.78. The molecule has 0 N–H and O–H groups in total. The van der Waals surface area contributed by atoms with Crippen molar-refractivity contribution in [3.8, 4) is 27.9 Å². The molecule has 9 aromatic rings. The van der Waals surface area contributed by atoms with Crippen molar-refractivity contribution in [1.29, 1.82) is 0 Å². The van der Waals surface area contributed by atoms with Gasteiger partial charge in [0, 0.05) is 38.9 Å².